The summed E-state index contributed by atoms with van der Waals surface area (Å²) in [4.78, 5) is 15.4. The van der Waals surface area contributed by atoms with Crippen LogP contribution in [-0.2, 0) is 11.4 Å². The summed E-state index contributed by atoms with van der Waals surface area (Å²) in [5.41, 5.74) is 3.56. The molecular formula is C11H12Br2N4O3. The Labute approximate surface area is 131 Å². The van der Waals surface area contributed by atoms with Crippen molar-refractivity contribution in [3.05, 3.63) is 26.4 Å². The molecule has 4 N–H and O–H groups in total. The zero-order valence-corrected chi connectivity index (χ0v) is 13.6. The Morgan fingerprint density at radius 1 is 1.45 bits per heavy atom. The Kier molecular flexibility index (Phi) is 4.63. The molecule has 2 rings (SSSR count). The molecule has 108 valence electrons. The van der Waals surface area contributed by atoms with Crippen LogP contribution < -0.4 is 10.8 Å². The standard InChI is InChI=1S/C11H12Br2N4O3/c1-5-6(12)2-7(13)11-15-10(8(4-18)17(5)11)14-3-9(19)16-20/h2,14,18,20H,3-4H2,1H3,(H,16,19). The summed E-state index contributed by atoms with van der Waals surface area (Å²) in [6.45, 7) is 1.49. The van der Waals surface area contributed by atoms with Gasteiger partial charge in [0.2, 0.25) is 0 Å². The lowest BCUT2D eigenvalue weighted by atomic mass is 10.3. The molecule has 0 bridgehead atoms. The summed E-state index contributed by atoms with van der Waals surface area (Å²) in [7, 11) is 0. The summed E-state index contributed by atoms with van der Waals surface area (Å²) in [6.07, 6.45) is 0. The number of hydrogen-bond acceptors (Lipinski definition) is 5. The van der Waals surface area contributed by atoms with E-state index in [1.165, 1.54) is 5.48 Å². The van der Waals surface area contributed by atoms with Gasteiger partial charge in [0.15, 0.2) is 11.5 Å². The lowest BCUT2D eigenvalue weighted by molar-refractivity contribution is -0.127. The zero-order valence-electron chi connectivity index (χ0n) is 10.4. The number of nitrogens with one attached hydrogen (secondary N) is 2. The fourth-order valence-corrected chi connectivity index (χ4v) is 3.06. The van der Waals surface area contributed by atoms with Gasteiger partial charge in [-0.2, -0.15) is 0 Å². The molecule has 1 amide bonds. The summed E-state index contributed by atoms with van der Waals surface area (Å²) in [5.74, 6) is -0.207. The Hall–Kier alpha value is -1.16. The Morgan fingerprint density at radius 2 is 2.15 bits per heavy atom. The number of hydrogen-bond donors (Lipinski definition) is 4. The molecule has 2 heterocycles. The molecule has 0 aromatic carbocycles. The second-order valence-corrected chi connectivity index (χ2v) is 5.75. The summed E-state index contributed by atoms with van der Waals surface area (Å²) >= 11 is 6.85. The van der Waals surface area contributed by atoms with Crippen molar-refractivity contribution in [2.24, 2.45) is 0 Å². The predicted molar refractivity (Wildman–Crippen MR) is 79.7 cm³/mol. The fraction of sp³-hybridized carbons (Fsp3) is 0.273. The highest BCUT2D eigenvalue weighted by Gasteiger charge is 2.17. The first-order valence-corrected chi connectivity index (χ1v) is 7.21. The van der Waals surface area contributed by atoms with Gasteiger partial charge < -0.3 is 10.4 Å². The first-order chi connectivity index (χ1) is 9.49. The molecule has 7 nitrogen and oxygen atoms in total. The number of aryl methyl sites for hydroxylation is 1. The molecule has 0 radical (unpaired) electrons. The van der Waals surface area contributed by atoms with Crippen molar-refractivity contribution in [2.75, 3.05) is 11.9 Å². The molecule has 0 fully saturated rings. The van der Waals surface area contributed by atoms with Gasteiger partial charge in [0.1, 0.15) is 0 Å². The zero-order chi connectivity index (χ0) is 14.9. The highest BCUT2D eigenvalue weighted by Crippen LogP contribution is 2.30. The van der Waals surface area contributed by atoms with E-state index in [4.69, 9.17) is 5.21 Å². The van der Waals surface area contributed by atoms with Crippen molar-refractivity contribution in [1.82, 2.24) is 14.9 Å². The number of amides is 1. The Bertz CT molecular complexity index is 671. The van der Waals surface area contributed by atoms with E-state index < -0.39 is 5.91 Å². The summed E-state index contributed by atoms with van der Waals surface area (Å²) in [5, 5.41) is 20.8. The van der Waals surface area contributed by atoms with Crippen molar-refractivity contribution in [1.29, 1.82) is 0 Å². The number of aliphatic hydroxyl groups is 1. The van der Waals surface area contributed by atoms with Crippen LogP contribution in [0.2, 0.25) is 0 Å². The van der Waals surface area contributed by atoms with E-state index in [1.54, 1.807) is 4.40 Å². The molecule has 0 aliphatic rings. The number of halogens is 2. The van der Waals surface area contributed by atoms with E-state index in [0.29, 0.717) is 17.2 Å². The van der Waals surface area contributed by atoms with Gasteiger partial charge in [-0.25, -0.2) is 10.5 Å². The SMILES string of the molecule is Cc1c(Br)cc(Br)c2nc(NCC(=O)NO)c(CO)n12. The molecule has 0 aliphatic carbocycles. The lowest BCUT2D eigenvalue weighted by Gasteiger charge is -2.08. The largest absolute Gasteiger partial charge is 0.390 e. The number of fused-ring (bicyclic) bond motifs is 1. The third-order valence-corrected chi connectivity index (χ3v) is 4.20. The van der Waals surface area contributed by atoms with Crippen LogP contribution in [0.25, 0.3) is 5.65 Å². The molecule has 0 saturated heterocycles. The van der Waals surface area contributed by atoms with Gasteiger partial charge in [-0.15, -0.1) is 0 Å². The Morgan fingerprint density at radius 3 is 2.75 bits per heavy atom. The van der Waals surface area contributed by atoms with E-state index in [0.717, 1.165) is 14.6 Å². The van der Waals surface area contributed by atoms with Crippen LogP contribution in [0.3, 0.4) is 0 Å². The number of nitrogens with zero attached hydrogens (tertiary/aromatic N) is 2. The monoisotopic (exact) mass is 406 g/mol. The van der Waals surface area contributed by atoms with Crippen LogP contribution in [0.4, 0.5) is 5.82 Å². The number of aliphatic hydroxyl groups excluding tert-OH is 1. The number of pyridine rings is 1. The van der Waals surface area contributed by atoms with Gasteiger partial charge in [0.25, 0.3) is 5.91 Å². The molecule has 0 atom stereocenters. The normalized spacial score (nSPS) is 10.8. The summed E-state index contributed by atoms with van der Waals surface area (Å²) < 4.78 is 3.40. The van der Waals surface area contributed by atoms with E-state index in [1.807, 2.05) is 13.0 Å². The van der Waals surface area contributed by atoms with Gasteiger partial charge in [0, 0.05) is 10.2 Å². The van der Waals surface area contributed by atoms with Crippen LogP contribution in [0.15, 0.2) is 15.0 Å². The lowest BCUT2D eigenvalue weighted by Crippen LogP contribution is -2.27. The third kappa shape index (κ3) is 2.66. The average molecular weight is 408 g/mol. The molecule has 0 spiro atoms. The molecule has 2 aromatic heterocycles. The van der Waals surface area contributed by atoms with Crippen molar-refractivity contribution in [2.45, 2.75) is 13.5 Å². The van der Waals surface area contributed by atoms with E-state index >= 15 is 0 Å². The van der Waals surface area contributed by atoms with Crippen LogP contribution in [-0.4, -0.2) is 32.2 Å². The highest BCUT2D eigenvalue weighted by atomic mass is 79.9. The van der Waals surface area contributed by atoms with Crippen LogP contribution in [0.1, 0.15) is 11.4 Å². The maximum Gasteiger partial charge on any atom is 0.262 e. The van der Waals surface area contributed by atoms with Crippen molar-refractivity contribution in [3.8, 4) is 0 Å². The summed E-state index contributed by atoms with van der Waals surface area (Å²) in [6, 6.07) is 1.86. The topological polar surface area (TPSA) is 98.9 Å². The Balaban J connectivity index is 2.54. The minimum atomic E-state index is -0.595. The minimum Gasteiger partial charge on any atom is -0.390 e. The minimum absolute atomic E-state index is 0.148. The number of rotatable bonds is 4. The molecular weight excluding hydrogens is 396 g/mol. The maximum atomic E-state index is 11.1. The molecule has 0 saturated carbocycles. The smallest absolute Gasteiger partial charge is 0.262 e. The number of carbonyl (C=O) groups excluding carboxylic acids is 1. The van der Waals surface area contributed by atoms with Crippen molar-refractivity contribution < 1.29 is 15.1 Å². The number of hydroxylamine groups is 1. The van der Waals surface area contributed by atoms with Gasteiger partial charge in [-0.1, -0.05) is 0 Å². The maximum absolute atomic E-state index is 11.1. The van der Waals surface area contributed by atoms with Gasteiger partial charge in [0.05, 0.1) is 23.3 Å². The first-order valence-electron chi connectivity index (χ1n) is 5.63. The second-order valence-electron chi connectivity index (χ2n) is 4.04. The number of anilines is 1. The average Bonchev–Trinajstić information content (AvgIpc) is 2.81. The van der Waals surface area contributed by atoms with E-state index in [-0.39, 0.29) is 13.2 Å². The predicted octanol–water partition coefficient (Wildman–Crippen LogP) is 1.58. The van der Waals surface area contributed by atoms with E-state index in [9.17, 15) is 9.90 Å². The molecule has 0 unspecified atom stereocenters. The van der Waals surface area contributed by atoms with Crippen LogP contribution in [0.5, 0.6) is 0 Å². The second kappa shape index (κ2) is 6.08. The van der Waals surface area contributed by atoms with Crippen molar-refractivity contribution >= 4 is 49.2 Å². The van der Waals surface area contributed by atoms with Crippen molar-refractivity contribution in [3.63, 3.8) is 0 Å². The highest BCUT2D eigenvalue weighted by molar-refractivity contribution is 9.11. The number of aromatic nitrogens is 2. The van der Waals surface area contributed by atoms with Crippen LogP contribution in [0, 0.1) is 6.92 Å². The van der Waals surface area contributed by atoms with E-state index in [2.05, 4.69) is 42.2 Å². The number of carbonyl (C=O) groups is 1. The van der Waals surface area contributed by atoms with Crippen LogP contribution >= 0.6 is 31.9 Å². The van der Waals surface area contributed by atoms with Gasteiger partial charge in [-0.05, 0) is 44.8 Å². The first kappa shape index (κ1) is 15.2. The third-order valence-electron chi connectivity index (χ3n) is 2.81. The molecule has 20 heavy (non-hydrogen) atoms. The molecule has 9 heteroatoms. The van der Waals surface area contributed by atoms with Gasteiger partial charge >= 0.3 is 0 Å². The molecule has 0 aliphatic heterocycles. The fourth-order valence-electron chi connectivity index (χ4n) is 1.85. The van der Waals surface area contributed by atoms with Gasteiger partial charge in [-0.3, -0.25) is 14.4 Å². The number of imidazole rings is 1. The quantitative estimate of drug-likeness (QED) is 0.455. The molecule has 2 aromatic rings.